The number of thioether (sulfide) groups is 1. The van der Waals surface area contributed by atoms with Crippen LogP contribution in [0.1, 0.15) is 63.6 Å². The van der Waals surface area contributed by atoms with Crippen LogP contribution in [0.25, 0.3) is 0 Å². The highest BCUT2D eigenvalue weighted by molar-refractivity contribution is 8.00. The van der Waals surface area contributed by atoms with Gasteiger partial charge in [0.2, 0.25) is 0 Å². The molecular formula is C20H29N3O3S2. The predicted molar refractivity (Wildman–Crippen MR) is 108 cm³/mol. The second kappa shape index (κ2) is 6.56. The van der Waals surface area contributed by atoms with Crippen LogP contribution in [0.2, 0.25) is 0 Å². The summed E-state index contributed by atoms with van der Waals surface area (Å²) in [5.74, 6) is 3.74. The largest absolute Gasteiger partial charge is 0.309 e. The smallest absolute Gasteiger partial charge is 0.191 e. The maximum absolute atomic E-state index is 13.5. The number of carbonyl (C=O) groups excluding carboxylic acids is 1. The van der Waals surface area contributed by atoms with Crippen LogP contribution in [0.5, 0.6) is 0 Å². The lowest BCUT2D eigenvalue weighted by molar-refractivity contribution is -0.143. The summed E-state index contributed by atoms with van der Waals surface area (Å²) >= 11 is 1.50. The van der Waals surface area contributed by atoms with E-state index in [0.717, 1.165) is 48.0 Å². The number of sulfone groups is 1. The topological polar surface area (TPSA) is 81.9 Å². The molecule has 0 unspecified atom stereocenters. The van der Waals surface area contributed by atoms with Crippen molar-refractivity contribution in [2.24, 2.45) is 30.2 Å². The molecule has 6 nitrogen and oxygen atoms in total. The number of Topliss-reactive ketones (excluding diaryl/α,β-unsaturated/α-hetero) is 1. The lowest BCUT2D eigenvalue weighted by Gasteiger charge is -2.56. The van der Waals surface area contributed by atoms with Gasteiger partial charge in [0.05, 0.1) is 16.8 Å². The van der Waals surface area contributed by atoms with E-state index in [9.17, 15) is 13.2 Å². The minimum Gasteiger partial charge on any atom is -0.309 e. The molecule has 2 heterocycles. The highest BCUT2D eigenvalue weighted by atomic mass is 32.2. The van der Waals surface area contributed by atoms with E-state index in [1.807, 2.05) is 18.5 Å². The number of carbonyl (C=O) groups is 1. The van der Waals surface area contributed by atoms with Crippen LogP contribution in [0, 0.1) is 23.2 Å². The molecule has 0 N–H and O–H groups in total. The zero-order valence-corrected chi connectivity index (χ0v) is 18.3. The quantitative estimate of drug-likeness (QED) is 0.677. The van der Waals surface area contributed by atoms with E-state index in [2.05, 4.69) is 10.2 Å². The molecule has 4 bridgehead atoms. The second-order valence-electron chi connectivity index (χ2n) is 9.82. The third-order valence-corrected chi connectivity index (χ3v) is 10.6. The van der Waals surface area contributed by atoms with Crippen LogP contribution >= 0.6 is 11.8 Å². The van der Waals surface area contributed by atoms with Gasteiger partial charge in [0.1, 0.15) is 5.82 Å². The van der Waals surface area contributed by atoms with Crippen LogP contribution in [-0.4, -0.2) is 45.7 Å². The predicted octanol–water partition coefficient (Wildman–Crippen LogP) is 2.98. The number of ketones is 1. The summed E-state index contributed by atoms with van der Waals surface area (Å²) in [6, 6.07) is 0. The van der Waals surface area contributed by atoms with E-state index in [1.54, 1.807) is 0 Å². The van der Waals surface area contributed by atoms with Crippen molar-refractivity contribution in [3.63, 3.8) is 0 Å². The van der Waals surface area contributed by atoms with Gasteiger partial charge in [0.25, 0.3) is 0 Å². The monoisotopic (exact) mass is 423 g/mol. The van der Waals surface area contributed by atoms with E-state index in [0.29, 0.717) is 12.2 Å². The third kappa shape index (κ3) is 3.15. The Kier molecular flexibility index (Phi) is 4.47. The minimum absolute atomic E-state index is 0.0778. The molecule has 28 heavy (non-hydrogen) atoms. The van der Waals surface area contributed by atoms with E-state index in [4.69, 9.17) is 0 Å². The molecule has 6 rings (SSSR count). The summed E-state index contributed by atoms with van der Waals surface area (Å²) < 4.78 is 25.5. The van der Waals surface area contributed by atoms with Crippen molar-refractivity contribution in [2.45, 2.75) is 68.2 Å². The average Bonchev–Trinajstić information content (AvgIpc) is 3.15. The lowest BCUT2D eigenvalue weighted by atomic mass is 9.48. The highest BCUT2D eigenvalue weighted by Crippen LogP contribution is 2.61. The van der Waals surface area contributed by atoms with Crippen molar-refractivity contribution < 1.29 is 13.2 Å². The van der Waals surface area contributed by atoms with Crippen LogP contribution in [0.3, 0.4) is 0 Å². The molecule has 4 aliphatic carbocycles. The Balaban J connectivity index is 1.31. The van der Waals surface area contributed by atoms with Crippen molar-refractivity contribution in [3.8, 4) is 0 Å². The Hall–Kier alpha value is -0.890. The Bertz CT molecular complexity index is 873. The first-order chi connectivity index (χ1) is 13.2. The van der Waals surface area contributed by atoms with Gasteiger partial charge in [-0.05, 0) is 69.6 Å². The molecule has 4 saturated carbocycles. The van der Waals surface area contributed by atoms with E-state index in [-0.39, 0.29) is 28.1 Å². The first-order valence-corrected chi connectivity index (χ1v) is 13.3. The highest BCUT2D eigenvalue weighted by Gasteiger charge is 2.55. The first kappa shape index (κ1) is 19.1. The first-order valence-electron chi connectivity index (χ1n) is 10.6. The Morgan fingerprint density at radius 3 is 2.29 bits per heavy atom. The van der Waals surface area contributed by atoms with Crippen molar-refractivity contribution in [3.05, 3.63) is 5.82 Å². The Labute approximate surface area is 171 Å². The van der Waals surface area contributed by atoms with Gasteiger partial charge in [0.15, 0.2) is 20.8 Å². The molecule has 2 atom stereocenters. The fourth-order valence-electron chi connectivity index (χ4n) is 6.84. The molecule has 0 aromatic carbocycles. The van der Waals surface area contributed by atoms with Gasteiger partial charge >= 0.3 is 0 Å². The molecule has 0 amide bonds. The maximum Gasteiger partial charge on any atom is 0.191 e. The fourth-order valence-corrected chi connectivity index (χ4v) is 9.59. The van der Waals surface area contributed by atoms with Crippen LogP contribution < -0.4 is 0 Å². The zero-order valence-electron chi connectivity index (χ0n) is 16.6. The summed E-state index contributed by atoms with van der Waals surface area (Å²) in [7, 11) is -1.06. The van der Waals surface area contributed by atoms with Crippen LogP contribution in [0.4, 0.5) is 0 Å². The number of hydrogen-bond acceptors (Lipinski definition) is 6. The van der Waals surface area contributed by atoms with E-state index >= 15 is 0 Å². The molecule has 1 aliphatic heterocycles. The Morgan fingerprint density at radius 1 is 1.14 bits per heavy atom. The maximum atomic E-state index is 13.5. The standard InChI is InChI=1S/C20H29N3O3S2/c1-12(17(24)20-8-13-5-14(9-20)7-15(6-13)10-20)27-19-22-21-18(23(19)2)16-3-4-28(25,26)11-16/h12-16H,3-11H2,1-2H3/t12-,13?,14?,15?,16-,20?/m0/s1. The molecule has 1 aromatic heterocycles. The number of rotatable bonds is 5. The van der Waals surface area contributed by atoms with Gasteiger partial charge in [-0.1, -0.05) is 11.8 Å². The zero-order chi connectivity index (χ0) is 19.7. The second-order valence-corrected chi connectivity index (χ2v) is 13.4. The fraction of sp³-hybridized carbons (Fsp3) is 0.850. The summed E-state index contributed by atoms with van der Waals surface area (Å²) in [5, 5.41) is 9.18. The SMILES string of the molecule is C[C@H](Sc1nnc([C@H]2CCS(=O)(=O)C2)n1C)C(=O)C12CC3CC(CC(C3)C1)C2. The lowest BCUT2D eigenvalue weighted by Crippen LogP contribution is -2.51. The molecule has 0 spiro atoms. The van der Waals surface area contributed by atoms with Gasteiger partial charge in [-0.2, -0.15) is 0 Å². The molecule has 5 fully saturated rings. The summed E-state index contributed by atoms with van der Waals surface area (Å²) in [5.41, 5.74) is -0.0951. The van der Waals surface area contributed by atoms with E-state index in [1.165, 1.54) is 31.0 Å². The van der Waals surface area contributed by atoms with Gasteiger partial charge in [0, 0.05) is 18.4 Å². The molecule has 8 heteroatoms. The molecule has 154 valence electrons. The molecule has 5 aliphatic rings. The van der Waals surface area contributed by atoms with Crippen LogP contribution in [0.15, 0.2) is 5.16 Å². The van der Waals surface area contributed by atoms with Crippen molar-refractivity contribution >= 4 is 27.4 Å². The third-order valence-electron chi connectivity index (χ3n) is 7.68. The number of hydrogen-bond donors (Lipinski definition) is 0. The molecule has 1 aromatic rings. The van der Waals surface area contributed by atoms with Crippen molar-refractivity contribution in [2.75, 3.05) is 11.5 Å². The van der Waals surface area contributed by atoms with E-state index < -0.39 is 9.84 Å². The van der Waals surface area contributed by atoms with Crippen molar-refractivity contribution in [1.82, 2.24) is 14.8 Å². The van der Waals surface area contributed by atoms with Gasteiger partial charge < -0.3 is 4.57 Å². The summed E-state index contributed by atoms with van der Waals surface area (Å²) in [4.78, 5) is 13.5. The average molecular weight is 424 g/mol. The van der Waals surface area contributed by atoms with Gasteiger partial charge in [-0.25, -0.2) is 8.42 Å². The molecule has 0 radical (unpaired) electrons. The van der Waals surface area contributed by atoms with Crippen molar-refractivity contribution in [1.29, 1.82) is 0 Å². The summed E-state index contributed by atoms with van der Waals surface area (Å²) in [6.45, 7) is 2.01. The summed E-state index contributed by atoms with van der Waals surface area (Å²) in [6.07, 6.45) is 7.90. The van der Waals surface area contributed by atoms with Gasteiger partial charge in [-0.3, -0.25) is 4.79 Å². The normalized spacial score (nSPS) is 39.4. The number of aromatic nitrogens is 3. The molecule has 1 saturated heterocycles. The molecular weight excluding hydrogens is 394 g/mol. The Morgan fingerprint density at radius 2 is 1.75 bits per heavy atom. The van der Waals surface area contributed by atoms with Crippen LogP contribution in [-0.2, 0) is 21.7 Å². The minimum atomic E-state index is -2.96. The van der Waals surface area contributed by atoms with Gasteiger partial charge in [-0.15, -0.1) is 10.2 Å². The number of nitrogens with zero attached hydrogens (tertiary/aromatic N) is 3.